The molecule has 2 N–H and O–H groups in total. The van der Waals surface area contributed by atoms with Gasteiger partial charge in [-0.05, 0) is 49.4 Å². The third-order valence-electron chi connectivity index (χ3n) is 5.60. The number of fused-ring (bicyclic) bond motifs is 2. The van der Waals surface area contributed by atoms with Crippen molar-refractivity contribution in [2.24, 2.45) is 0 Å². The van der Waals surface area contributed by atoms with Crippen LogP contribution in [0.3, 0.4) is 0 Å². The van der Waals surface area contributed by atoms with Crippen LogP contribution in [0.1, 0.15) is 40.5 Å². The van der Waals surface area contributed by atoms with Crippen molar-refractivity contribution in [3.63, 3.8) is 0 Å². The number of imidazole rings is 1. The van der Waals surface area contributed by atoms with Gasteiger partial charge in [0.25, 0.3) is 11.5 Å². The smallest absolute Gasteiger partial charge is 0.267 e. The predicted octanol–water partition coefficient (Wildman–Crippen LogP) is 1.37. The van der Waals surface area contributed by atoms with Gasteiger partial charge in [-0.1, -0.05) is 0 Å². The molecule has 1 amide bonds. The predicted molar refractivity (Wildman–Crippen MR) is 102 cm³/mol. The monoisotopic (exact) mass is 379 g/mol. The molecule has 2 aliphatic rings. The fourth-order valence-electron chi connectivity index (χ4n) is 4.06. The molecule has 1 saturated heterocycles. The van der Waals surface area contributed by atoms with Crippen LogP contribution in [-0.4, -0.2) is 44.9 Å². The molecular weight excluding hydrogens is 358 g/mol. The van der Waals surface area contributed by atoms with Gasteiger partial charge < -0.3 is 15.0 Å². The Labute approximate surface area is 160 Å². The molecule has 1 aliphatic carbocycles. The second-order valence-corrected chi connectivity index (χ2v) is 7.43. The van der Waals surface area contributed by atoms with Gasteiger partial charge in [0.2, 0.25) is 0 Å². The third-order valence-corrected chi connectivity index (χ3v) is 5.60. The first-order chi connectivity index (χ1) is 13.7. The lowest BCUT2D eigenvalue weighted by Crippen LogP contribution is -2.44. The fraction of sp³-hybridized carbons (Fsp3) is 0.400. The van der Waals surface area contributed by atoms with Crippen molar-refractivity contribution in [2.75, 3.05) is 13.2 Å². The van der Waals surface area contributed by atoms with Gasteiger partial charge in [-0.15, -0.1) is 0 Å². The van der Waals surface area contributed by atoms with E-state index < -0.39 is 0 Å². The summed E-state index contributed by atoms with van der Waals surface area (Å²) in [5.74, 6) is -0.206. The lowest BCUT2D eigenvalue weighted by atomic mass is 9.97. The fourth-order valence-corrected chi connectivity index (χ4v) is 4.06. The van der Waals surface area contributed by atoms with Crippen LogP contribution in [0.15, 0.2) is 35.4 Å². The van der Waals surface area contributed by atoms with Gasteiger partial charge >= 0.3 is 0 Å². The minimum atomic E-state index is -0.309. The van der Waals surface area contributed by atoms with Gasteiger partial charge in [-0.25, -0.2) is 9.67 Å². The number of aryl methyl sites for hydroxylation is 2. The molecule has 8 nitrogen and oxygen atoms in total. The highest BCUT2D eigenvalue weighted by molar-refractivity contribution is 5.97. The van der Waals surface area contributed by atoms with Crippen molar-refractivity contribution in [3.05, 3.63) is 57.8 Å². The average molecular weight is 379 g/mol. The summed E-state index contributed by atoms with van der Waals surface area (Å²) in [4.78, 5) is 32.5. The highest BCUT2D eigenvalue weighted by atomic mass is 16.5. The van der Waals surface area contributed by atoms with Gasteiger partial charge in [-0.3, -0.25) is 9.59 Å². The topological polar surface area (TPSA) is 102 Å². The van der Waals surface area contributed by atoms with E-state index in [9.17, 15) is 9.59 Å². The maximum atomic E-state index is 12.8. The van der Waals surface area contributed by atoms with Crippen LogP contribution < -0.4 is 10.9 Å². The SMILES string of the molecule is O=C(NC1COCC1n1nc2c(cc1=O)CCCC2)c1ccc2nc[nH]c2c1. The maximum absolute atomic E-state index is 12.8. The van der Waals surface area contributed by atoms with Crippen LogP contribution in [-0.2, 0) is 17.6 Å². The highest BCUT2D eigenvalue weighted by Crippen LogP contribution is 2.22. The van der Waals surface area contributed by atoms with E-state index in [1.807, 2.05) is 0 Å². The largest absolute Gasteiger partial charge is 0.377 e. The van der Waals surface area contributed by atoms with Crippen LogP contribution in [0, 0.1) is 0 Å². The molecule has 28 heavy (non-hydrogen) atoms. The highest BCUT2D eigenvalue weighted by Gasteiger charge is 2.33. The lowest BCUT2D eigenvalue weighted by Gasteiger charge is -2.23. The summed E-state index contributed by atoms with van der Waals surface area (Å²) >= 11 is 0. The zero-order valence-electron chi connectivity index (χ0n) is 15.4. The average Bonchev–Trinajstić information content (AvgIpc) is 3.36. The maximum Gasteiger partial charge on any atom is 0.267 e. The zero-order chi connectivity index (χ0) is 19.1. The molecule has 1 fully saturated rings. The summed E-state index contributed by atoms with van der Waals surface area (Å²) < 4.78 is 7.09. The number of benzene rings is 1. The van der Waals surface area contributed by atoms with E-state index in [0.717, 1.165) is 48.0 Å². The molecule has 0 radical (unpaired) electrons. The molecule has 0 spiro atoms. The number of carbonyl (C=O) groups is 1. The molecule has 8 heteroatoms. The van der Waals surface area contributed by atoms with E-state index >= 15 is 0 Å². The van der Waals surface area contributed by atoms with Gasteiger partial charge in [0.15, 0.2) is 0 Å². The molecule has 0 bridgehead atoms. The van der Waals surface area contributed by atoms with E-state index in [-0.39, 0.29) is 23.6 Å². The van der Waals surface area contributed by atoms with Crippen LogP contribution in [0.25, 0.3) is 11.0 Å². The van der Waals surface area contributed by atoms with E-state index in [1.54, 1.807) is 30.6 Å². The second kappa shape index (κ2) is 6.87. The molecule has 3 heterocycles. The van der Waals surface area contributed by atoms with Gasteiger partial charge in [0, 0.05) is 11.6 Å². The van der Waals surface area contributed by atoms with Crippen molar-refractivity contribution in [1.82, 2.24) is 25.1 Å². The van der Waals surface area contributed by atoms with E-state index in [4.69, 9.17) is 4.74 Å². The Kier molecular flexibility index (Phi) is 4.20. The molecule has 5 rings (SSSR count). The Morgan fingerprint density at radius 1 is 1.21 bits per heavy atom. The number of H-pyrrole nitrogens is 1. The second-order valence-electron chi connectivity index (χ2n) is 7.43. The molecule has 2 unspecified atom stereocenters. The Hall–Kier alpha value is -3.00. The van der Waals surface area contributed by atoms with Crippen LogP contribution in [0.5, 0.6) is 0 Å². The Morgan fingerprint density at radius 3 is 3.04 bits per heavy atom. The molecule has 2 atom stereocenters. The summed E-state index contributed by atoms with van der Waals surface area (Å²) in [7, 11) is 0. The summed E-state index contributed by atoms with van der Waals surface area (Å²) in [5, 5.41) is 7.63. The van der Waals surface area contributed by atoms with Crippen LogP contribution >= 0.6 is 0 Å². The van der Waals surface area contributed by atoms with Gasteiger partial charge in [-0.2, -0.15) is 5.10 Å². The number of nitrogens with one attached hydrogen (secondary N) is 2. The summed E-state index contributed by atoms with van der Waals surface area (Å²) in [6, 6.07) is 6.40. The Bertz CT molecular complexity index is 1100. The molecule has 1 aromatic carbocycles. The molecule has 144 valence electrons. The normalized spacial score (nSPS) is 21.6. The number of rotatable bonds is 3. The minimum absolute atomic E-state index is 0.130. The zero-order valence-corrected chi connectivity index (χ0v) is 15.4. The first-order valence-corrected chi connectivity index (χ1v) is 9.62. The standard InChI is InChI=1S/C20H21N5O3/c26-19-8-12-3-1-2-4-14(12)24-25(19)18-10-28-9-17(18)23-20(27)13-5-6-15-16(7-13)22-11-21-15/h5-8,11,17-18H,1-4,9-10H2,(H,21,22)(H,23,27). The van der Waals surface area contributed by atoms with Crippen molar-refractivity contribution in [2.45, 2.75) is 37.8 Å². The summed E-state index contributed by atoms with van der Waals surface area (Å²) in [6.07, 6.45) is 5.60. The Morgan fingerprint density at radius 2 is 2.11 bits per heavy atom. The van der Waals surface area contributed by atoms with E-state index in [0.29, 0.717) is 18.8 Å². The molecule has 0 saturated carbocycles. The van der Waals surface area contributed by atoms with Gasteiger partial charge in [0.1, 0.15) is 6.04 Å². The quantitative estimate of drug-likeness (QED) is 0.716. The number of amides is 1. The molecule has 1 aliphatic heterocycles. The van der Waals surface area contributed by atoms with Crippen LogP contribution in [0.2, 0.25) is 0 Å². The number of aromatic nitrogens is 4. The number of ether oxygens (including phenoxy) is 1. The van der Waals surface area contributed by atoms with Crippen molar-refractivity contribution >= 4 is 16.9 Å². The molecule has 2 aromatic heterocycles. The number of aromatic amines is 1. The number of carbonyl (C=O) groups excluding carboxylic acids is 1. The first-order valence-electron chi connectivity index (χ1n) is 9.62. The van der Waals surface area contributed by atoms with Crippen molar-refractivity contribution < 1.29 is 9.53 Å². The number of hydrogen-bond donors (Lipinski definition) is 2. The van der Waals surface area contributed by atoms with Gasteiger partial charge in [0.05, 0.1) is 42.3 Å². The van der Waals surface area contributed by atoms with Crippen molar-refractivity contribution in [3.8, 4) is 0 Å². The number of nitrogens with zero attached hydrogens (tertiary/aromatic N) is 3. The Balaban J connectivity index is 1.39. The minimum Gasteiger partial charge on any atom is -0.377 e. The van der Waals surface area contributed by atoms with Crippen LogP contribution in [0.4, 0.5) is 0 Å². The first kappa shape index (κ1) is 17.1. The molecular formula is C20H21N5O3. The summed E-state index contributed by atoms with van der Waals surface area (Å²) in [5.41, 5.74) is 4.07. The molecule has 3 aromatic rings. The van der Waals surface area contributed by atoms with E-state index in [1.165, 1.54) is 4.68 Å². The van der Waals surface area contributed by atoms with Crippen molar-refractivity contribution in [1.29, 1.82) is 0 Å². The summed E-state index contributed by atoms with van der Waals surface area (Å²) in [6.45, 7) is 0.712. The third kappa shape index (κ3) is 2.99. The van der Waals surface area contributed by atoms with E-state index in [2.05, 4.69) is 20.4 Å². The number of hydrogen-bond acceptors (Lipinski definition) is 5. The lowest BCUT2D eigenvalue weighted by molar-refractivity contribution is 0.0924.